The van der Waals surface area contributed by atoms with Crippen LogP contribution in [0.2, 0.25) is 0 Å². The Kier molecular flexibility index (Phi) is 7.06. The first-order valence-corrected chi connectivity index (χ1v) is 11.4. The molecule has 1 aliphatic heterocycles. The summed E-state index contributed by atoms with van der Waals surface area (Å²) >= 11 is 0. The van der Waals surface area contributed by atoms with Gasteiger partial charge < -0.3 is 0 Å². The summed E-state index contributed by atoms with van der Waals surface area (Å²) in [5.41, 5.74) is 8.82. The van der Waals surface area contributed by atoms with E-state index in [2.05, 4.69) is 119 Å². The molecule has 0 unspecified atom stereocenters. The molecule has 0 saturated carbocycles. The third-order valence-corrected chi connectivity index (χ3v) is 5.87. The van der Waals surface area contributed by atoms with Gasteiger partial charge in [-0.1, -0.05) is 113 Å². The van der Waals surface area contributed by atoms with Crippen LogP contribution in [0, 0.1) is 5.92 Å². The van der Waals surface area contributed by atoms with E-state index in [0.717, 1.165) is 6.42 Å². The Balaban J connectivity index is 0.000000216. The van der Waals surface area contributed by atoms with Crippen molar-refractivity contribution in [2.24, 2.45) is 10.9 Å². The van der Waals surface area contributed by atoms with Crippen LogP contribution >= 0.6 is 0 Å². The fourth-order valence-corrected chi connectivity index (χ4v) is 3.48. The Labute approximate surface area is 186 Å². The Hall–Kier alpha value is -1.89. The second-order valence-electron chi connectivity index (χ2n) is 12.1. The van der Waals surface area contributed by atoms with Crippen molar-refractivity contribution in [3.05, 3.63) is 64.7 Å². The molecule has 0 radical (unpaired) electrons. The maximum absolute atomic E-state index is 4.74. The second kappa shape index (κ2) is 8.69. The fraction of sp³-hybridized carbons (Fsp3) is 0.552. The molecule has 0 N–H and O–H groups in total. The zero-order valence-electron chi connectivity index (χ0n) is 21.3. The molecule has 2 aromatic rings. The van der Waals surface area contributed by atoms with E-state index in [-0.39, 0.29) is 16.2 Å². The fourth-order valence-electron chi connectivity index (χ4n) is 3.48. The highest BCUT2D eigenvalue weighted by Crippen LogP contribution is 2.33. The third kappa shape index (κ3) is 6.30. The zero-order valence-corrected chi connectivity index (χ0v) is 21.3. The molecule has 1 aliphatic rings. The van der Waals surface area contributed by atoms with Gasteiger partial charge in [-0.15, -0.1) is 0 Å². The van der Waals surface area contributed by atoms with Crippen molar-refractivity contribution >= 4 is 11.4 Å². The largest absolute Gasteiger partial charge is 0.257 e. The van der Waals surface area contributed by atoms with Crippen molar-refractivity contribution in [2.45, 2.75) is 98.8 Å². The minimum absolute atomic E-state index is 0.213. The Morgan fingerprint density at radius 1 is 0.633 bits per heavy atom. The van der Waals surface area contributed by atoms with Gasteiger partial charge in [0, 0.05) is 12.1 Å². The molecule has 0 aliphatic carbocycles. The van der Waals surface area contributed by atoms with Crippen molar-refractivity contribution < 1.29 is 0 Å². The van der Waals surface area contributed by atoms with E-state index in [1.165, 1.54) is 33.7 Å². The first-order valence-electron chi connectivity index (χ1n) is 11.4. The van der Waals surface area contributed by atoms with Crippen LogP contribution in [0.3, 0.4) is 0 Å². The molecule has 0 fully saturated rings. The quantitative estimate of drug-likeness (QED) is 0.450. The van der Waals surface area contributed by atoms with Crippen LogP contribution in [0.25, 0.3) is 0 Å². The van der Waals surface area contributed by atoms with Gasteiger partial charge in [0.2, 0.25) is 0 Å². The first-order chi connectivity index (χ1) is 13.6. The predicted molar refractivity (Wildman–Crippen MR) is 135 cm³/mol. The number of benzene rings is 2. The van der Waals surface area contributed by atoms with Crippen molar-refractivity contribution in [3.63, 3.8) is 0 Å². The third-order valence-electron chi connectivity index (χ3n) is 5.87. The molecule has 0 amide bonds. The molecule has 0 aromatic heterocycles. The topological polar surface area (TPSA) is 12.4 Å². The van der Waals surface area contributed by atoms with Crippen LogP contribution < -0.4 is 0 Å². The Bertz CT molecular complexity index is 843. The summed E-state index contributed by atoms with van der Waals surface area (Å²) in [4.78, 5) is 4.74. The lowest BCUT2D eigenvalue weighted by Gasteiger charge is -2.23. The number of fused-ring (bicyclic) bond motifs is 1. The lowest BCUT2D eigenvalue weighted by Crippen LogP contribution is -2.14. The van der Waals surface area contributed by atoms with Gasteiger partial charge in [-0.3, -0.25) is 4.99 Å². The van der Waals surface area contributed by atoms with Gasteiger partial charge in [0.05, 0.1) is 5.69 Å². The van der Waals surface area contributed by atoms with Gasteiger partial charge in [-0.25, -0.2) is 0 Å². The average molecular weight is 406 g/mol. The van der Waals surface area contributed by atoms with E-state index in [4.69, 9.17) is 4.99 Å². The minimum Gasteiger partial charge on any atom is -0.257 e. The SMILES string of the molecule is CC(C)(C)c1ccc(C(C)(C)C)cc1.CC(C)C1=Nc2cc(C(C)(C)C)ccc2C1. The highest BCUT2D eigenvalue weighted by Gasteiger charge is 2.20. The summed E-state index contributed by atoms with van der Waals surface area (Å²) < 4.78 is 0. The highest BCUT2D eigenvalue weighted by atomic mass is 14.8. The first kappa shape index (κ1) is 24.4. The number of rotatable bonds is 1. The molecule has 3 rings (SSSR count). The summed E-state index contributed by atoms with van der Waals surface area (Å²) in [6.07, 6.45) is 1.04. The van der Waals surface area contributed by atoms with Crippen LogP contribution in [0.5, 0.6) is 0 Å². The number of hydrogen-bond acceptors (Lipinski definition) is 1. The van der Waals surface area contributed by atoms with Crippen LogP contribution in [-0.4, -0.2) is 5.71 Å². The van der Waals surface area contributed by atoms with Crippen LogP contribution in [-0.2, 0) is 22.7 Å². The van der Waals surface area contributed by atoms with E-state index in [0.29, 0.717) is 5.92 Å². The van der Waals surface area contributed by atoms with Gasteiger partial charge >= 0.3 is 0 Å². The standard InChI is InChI=1S/C15H21N.C14H22/c1-10(2)13-8-11-6-7-12(15(3,4)5)9-14(11)16-13;1-13(2,3)11-7-9-12(10-8-11)14(4,5)6/h6-7,9-10H,8H2,1-5H3;7-10H,1-6H3. The van der Waals surface area contributed by atoms with Crippen molar-refractivity contribution in [3.8, 4) is 0 Å². The molecule has 1 nitrogen and oxygen atoms in total. The van der Waals surface area contributed by atoms with E-state index in [9.17, 15) is 0 Å². The molecule has 1 heteroatoms. The molecule has 0 spiro atoms. The lowest BCUT2D eigenvalue weighted by atomic mass is 9.82. The number of hydrogen-bond donors (Lipinski definition) is 0. The van der Waals surface area contributed by atoms with Crippen LogP contribution in [0.15, 0.2) is 47.5 Å². The van der Waals surface area contributed by atoms with E-state index >= 15 is 0 Å². The number of aliphatic imine (C=N–C) groups is 1. The molecule has 164 valence electrons. The molecule has 30 heavy (non-hydrogen) atoms. The Morgan fingerprint density at radius 3 is 1.40 bits per heavy atom. The molecule has 0 atom stereocenters. The van der Waals surface area contributed by atoms with Crippen LogP contribution in [0.1, 0.15) is 98.4 Å². The maximum Gasteiger partial charge on any atom is 0.0668 e. The van der Waals surface area contributed by atoms with Crippen LogP contribution in [0.4, 0.5) is 5.69 Å². The van der Waals surface area contributed by atoms with Gasteiger partial charge in [0.15, 0.2) is 0 Å². The van der Waals surface area contributed by atoms with Gasteiger partial charge in [0.1, 0.15) is 0 Å². The smallest absolute Gasteiger partial charge is 0.0668 e. The van der Waals surface area contributed by atoms with Gasteiger partial charge in [-0.2, -0.15) is 0 Å². The van der Waals surface area contributed by atoms with E-state index < -0.39 is 0 Å². The lowest BCUT2D eigenvalue weighted by molar-refractivity contribution is 0.577. The minimum atomic E-state index is 0.213. The molecular formula is C29H43N. The van der Waals surface area contributed by atoms with Gasteiger partial charge in [0.25, 0.3) is 0 Å². The maximum atomic E-state index is 4.74. The van der Waals surface area contributed by atoms with Crippen molar-refractivity contribution in [1.82, 2.24) is 0 Å². The summed E-state index contributed by atoms with van der Waals surface area (Å²) in [6.45, 7) is 24.7. The Morgan fingerprint density at radius 2 is 1.03 bits per heavy atom. The van der Waals surface area contributed by atoms with E-state index in [1.807, 2.05) is 0 Å². The normalized spacial score (nSPS) is 14.2. The summed E-state index contributed by atoms with van der Waals surface area (Å²) in [5.74, 6) is 0.561. The molecule has 1 heterocycles. The van der Waals surface area contributed by atoms with Gasteiger partial charge in [-0.05, 0) is 50.5 Å². The molecule has 0 bridgehead atoms. The predicted octanol–water partition coefficient (Wildman–Crippen LogP) is 8.55. The van der Waals surface area contributed by atoms with E-state index in [1.54, 1.807) is 0 Å². The molecule has 2 aromatic carbocycles. The zero-order chi connectivity index (χ0) is 22.9. The monoisotopic (exact) mass is 405 g/mol. The average Bonchev–Trinajstić information content (AvgIpc) is 3.04. The molecule has 0 saturated heterocycles. The summed E-state index contributed by atoms with van der Waals surface area (Å²) in [5, 5.41) is 0. The summed E-state index contributed by atoms with van der Waals surface area (Å²) in [6, 6.07) is 15.7. The second-order valence-corrected chi connectivity index (χ2v) is 12.1. The van der Waals surface area contributed by atoms with Crippen molar-refractivity contribution in [2.75, 3.05) is 0 Å². The highest BCUT2D eigenvalue weighted by molar-refractivity contribution is 5.95. The summed E-state index contributed by atoms with van der Waals surface area (Å²) in [7, 11) is 0. The van der Waals surface area contributed by atoms with Crippen molar-refractivity contribution in [1.29, 1.82) is 0 Å². The number of nitrogens with zero attached hydrogens (tertiary/aromatic N) is 1. The molecular weight excluding hydrogens is 362 g/mol.